The van der Waals surface area contributed by atoms with E-state index >= 15 is 0 Å². The van der Waals surface area contributed by atoms with Crippen LogP contribution in [0, 0.1) is 0 Å². The first-order chi connectivity index (χ1) is 10.7. The fourth-order valence-electron chi connectivity index (χ4n) is 1.62. The van der Waals surface area contributed by atoms with Crippen molar-refractivity contribution in [2.45, 2.75) is 13.8 Å². The van der Waals surface area contributed by atoms with Crippen molar-refractivity contribution in [1.29, 1.82) is 0 Å². The quantitative estimate of drug-likeness (QED) is 0.480. The fraction of sp³-hybridized carbons (Fsp3) is 0.118. The second kappa shape index (κ2) is 8.36. The number of ether oxygens (including phenoxy) is 1. The van der Waals surface area contributed by atoms with Gasteiger partial charge in [0.15, 0.2) is 0 Å². The smallest absolute Gasteiger partial charge is 0.347 e. The van der Waals surface area contributed by atoms with Crippen LogP contribution in [0.4, 0.5) is 0 Å². The van der Waals surface area contributed by atoms with E-state index in [1.165, 1.54) is 12.2 Å². The second-order valence-electron chi connectivity index (χ2n) is 3.81. The minimum Gasteiger partial charge on any atom is -0.429 e. The lowest BCUT2D eigenvalue weighted by Crippen LogP contribution is -2.04. The summed E-state index contributed by atoms with van der Waals surface area (Å²) in [5.41, 5.74) is 0.397. The SMILES string of the molecule is C=C/C(=C\C(=C)OC=O)c1nc2ccccc2c(=O)o1.CC. The Hall–Kier alpha value is -2.95. The van der Waals surface area contributed by atoms with Crippen LogP contribution in [0.1, 0.15) is 19.7 Å². The molecule has 1 heterocycles. The lowest BCUT2D eigenvalue weighted by atomic mass is 10.2. The Morgan fingerprint density at radius 2 is 2.00 bits per heavy atom. The first kappa shape index (κ1) is 17.1. The van der Waals surface area contributed by atoms with E-state index in [0.29, 0.717) is 16.5 Å². The summed E-state index contributed by atoms with van der Waals surface area (Å²) in [6.45, 7) is 11.4. The molecule has 0 bridgehead atoms. The van der Waals surface area contributed by atoms with Crippen molar-refractivity contribution in [1.82, 2.24) is 4.98 Å². The number of fused-ring (bicyclic) bond motifs is 1. The Morgan fingerprint density at radius 3 is 2.64 bits per heavy atom. The lowest BCUT2D eigenvalue weighted by Gasteiger charge is -2.03. The summed E-state index contributed by atoms with van der Waals surface area (Å²) in [5, 5.41) is 0.391. The molecule has 0 amide bonds. The first-order valence-corrected chi connectivity index (χ1v) is 6.69. The third kappa shape index (κ3) is 4.02. The molecule has 0 radical (unpaired) electrons. The number of benzene rings is 1. The summed E-state index contributed by atoms with van der Waals surface area (Å²) in [5.74, 6) is 0.173. The van der Waals surface area contributed by atoms with Gasteiger partial charge in [-0.2, -0.15) is 0 Å². The third-order valence-electron chi connectivity index (χ3n) is 2.52. The second-order valence-corrected chi connectivity index (χ2v) is 3.81. The summed E-state index contributed by atoms with van der Waals surface area (Å²) < 4.78 is 9.70. The molecule has 0 aliphatic heterocycles. The summed E-state index contributed by atoms with van der Waals surface area (Å²) in [6, 6.07) is 6.83. The first-order valence-electron chi connectivity index (χ1n) is 6.69. The van der Waals surface area contributed by atoms with E-state index in [9.17, 15) is 9.59 Å². The van der Waals surface area contributed by atoms with Gasteiger partial charge in [-0.1, -0.05) is 45.2 Å². The van der Waals surface area contributed by atoms with Gasteiger partial charge in [-0.05, 0) is 18.2 Å². The van der Waals surface area contributed by atoms with Crippen molar-refractivity contribution in [3.63, 3.8) is 0 Å². The molecule has 5 nitrogen and oxygen atoms in total. The minimum atomic E-state index is -0.500. The molecule has 0 saturated heterocycles. The van der Waals surface area contributed by atoms with Crippen LogP contribution in [0.3, 0.4) is 0 Å². The Bertz CT molecular complexity index is 772. The highest BCUT2D eigenvalue weighted by molar-refractivity contribution is 5.79. The number of carbonyl (C=O) groups excluding carboxylic acids is 1. The maximum absolute atomic E-state index is 11.9. The fourth-order valence-corrected chi connectivity index (χ4v) is 1.62. The average Bonchev–Trinajstić information content (AvgIpc) is 2.54. The molecular weight excluding hydrogens is 282 g/mol. The number of para-hydroxylation sites is 1. The normalized spacial score (nSPS) is 10.4. The number of nitrogens with zero attached hydrogens (tertiary/aromatic N) is 1. The van der Waals surface area contributed by atoms with Gasteiger partial charge in [0, 0.05) is 5.57 Å². The summed E-state index contributed by atoms with van der Waals surface area (Å²) in [6.07, 6.45) is 2.83. The average molecular weight is 299 g/mol. The van der Waals surface area contributed by atoms with Gasteiger partial charge in [-0.15, -0.1) is 0 Å². The zero-order chi connectivity index (χ0) is 16.5. The van der Waals surface area contributed by atoms with E-state index in [1.807, 2.05) is 13.8 Å². The molecule has 0 fully saturated rings. The number of rotatable bonds is 5. The molecule has 0 saturated carbocycles. The van der Waals surface area contributed by atoms with Gasteiger partial charge in [0.05, 0.1) is 10.9 Å². The maximum atomic E-state index is 11.9. The van der Waals surface area contributed by atoms with Crippen molar-refractivity contribution in [3.8, 4) is 0 Å². The Balaban J connectivity index is 0.00000116. The molecule has 1 aromatic heterocycles. The van der Waals surface area contributed by atoms with Crippen LogP contribution in [0.5, 0.6) is 0 Å². The van der Waals surface area contributed by atoms with Crippen LogP contribution in [0.2, 0.25) is 0 Å². The summed E-state index contributed by atoms with van der Waals surface area (Å²) >= 11 is 0. The minimum absolute atomic E-state index is 0.0827. The summed E-state index contributed by atoms with van der Waals surface area (Å²) in [4.78, 5) is 26.3. The monoisotopic (exact) mass is 299 g/mol. The molecule has 0 aliphatic rings. The van der Waals surface area contributed by atoms with E-state index in [0.717, 1.165) is 0 Å². The molecule has 0 unspecified atom stereocenters. The van der Waals surface area contributed by atoms with E-state index in [4.69, 9.17) is 4.42 Å². The van der Waals surface area contributed by atoms with E-state index in [2.05, 4.69) is 22.9 Å². The largest absolute Gasteiger partial charge is 0.429 e. The van der Waals surface area contributed by atoms with Crippen LogP contribution in [-0.2, 0) is 9.53 Å². The number of hydrogen-bond acceptors (Lipinski definition) is 5. The molecule has 1 aromatic carbocycles. The number of allylic oxidation sites excluding steroid dienone is 3. The molecule has 0 atom stereocenters. The van der Waals surface area contributed by atoms with E-state index < -0.39 is 5.63 Å². The van der Waals surface area contributed by atoms with Crippen molar-refractivity contribution >= 4 is 22.9 Å². The Labute approximate surface area is 128 Å². The van der Waals surface area contributed by atoms with Gasteiger partial charge in [0.25, 0.3) is 6.47 Å². The molecule has 22 heavy (non-hydrogen) atoms. The standard InChI is InChI=1S/C15H11NO4.C2H6/c1-3-11(8-10(2)19-9-17)14-16-13-7-5-4-6-12(13)15(18)20-14;1-2/h3-9H,1-2H2;1-2H3/b11-8+;. The molecular formula is C17H17NO4. The topological polar surface area (TPSA) is 69.4 Å². The maximum Gasteiger partial charge on any atom is 0.347 e. The zero-order valence-electron chi connectivity index (χ0n) is 12.5. The number of hydrogen-bond donors (Lipinski definition) is 0. The van der Waals surface area contributed by atoms with Crippen molar-refractivity contribution in [3.05, 3.63) is 71.6 Å². The van der Waals surface area contributed by atoms with Crippen molar-refractivity contribution in [2.24, 2.45) is 0 Å². The van der Waals surface area contributed by atoms with Crippen molar-refractivity contribution < 1.29 is 13.9 Å². The van der Waals surface area contributed by atoms with Crippen LogP contribution in [0.25, 0.3) is 16.5 Å². The van der Waals surface area contributed by atoms with Gasteiger partial charge < -0.3 is 9.15 Å². The number of carbonyl (C=O) groups is 1. The zero-order valence-corrected chi connectivity index (χ0v) is 12.5. The number of aromatic nitrogens is 1. The van der Waals surface area contributed by atoms with E-state index in [1.54, 1.807) is 24.3 Å². The molecule has 5 heteroatoms. The van der Waals surface area contributed by atoms with Gasteiger partial charge in [-0.3, -0.25) is 4.79 Å². The van der Waals surface area contributed by atoms with Gasteiger partial charge >= 0.3 is 5.63 Å². The van der Waals surface area contributed by atoms with Gasteiger partial charge in [0.1, 0.15) is 5.76 Å². The third-order valence-corrected chi connectivity index (χ3v) is 2.52. The molecule has 0 aliphatic carbocycles. The Kier molecular flexibility index (Phi) is 6.50. The molecule has 2 rings (SSSR count). The van der Waals surface area contributed by atoms with Crippen LogP contribution in [0.15, 0.2) is 64.5 Å². The predicted octanol–water partition coefficient (Wildman–Crippen LogP) is 3.47. The highest BCUT2D eigenvalue weighted by atomic mass is 16.5. The molecule has 114 valence electrons. The van der Waals surface area contributed by atoms with Crippen molar-refractivity contribution in [2.75, 3.05) is 0 Å². The van der Waals surface area contributed by atoms with Gasteiger partial charge in [0.2, 0.25) is 5.89 Å². The van der Waals surface area contributed by atoms with Crippen LogP contribution >= 0.6 is 0 Å². The van der Waals surface area contributed by atoms with Gasteiger partial charge in [-0.25, -0.2) is 9.78 Å². The molecule has 0 N–H and O–H groups in total. The highest BCUT2D eigenvalue weighted by Crippen LogP contribution is 2.17. The predicted molar refractivity (Wildman–Crippen MR) is 86.1 cm³/mol. The van der Waals surface area contributed by atoms with E-state index in [-0.39, 0.29) is 18.1 Å². The van der Waals surface area contributed by atoms with Crippen LogP contribution in [-0.4, -0.2) is 11.5 Å². The summed E-state index contributed by atoms with van der Waals surface area (Å²) in [7, 11) is 0. The molecule has 0 spiro atoms. The van der Waals surface area contributed by atoms with Crippen LogP contribution < -0.4 is 5.63 Å². The Morgan fingerprint density at radius 1 is 1.32 bits per heavy atom. The lowest BCUT2D eigenvalue weighted by molar-refractivity contribution is -0.124. The highest BCUT2D eigenvalue weighted by Gasteiger charge is 2.09. The molecule has 2 aromatic rings.